The first-order valence-electron chi connectivity index (χ1n) is 10.1. The number of alkyl halides is 1. The van der Waals surface area contributed by atoms with E-state index in [-0.39, 0.29) is 23.3 Å². The number of benzene rings is 1. The lowest BCUT2D eigenvalue weighted by molar-refractivity contribution is 0.0701. The highest BCUT2D eigenvalue weighted by Crippen LogP contribution is 2.39. The van der Waals surface area contributed by atoms with Gasteiger partial charge in [-0.1, -0.05) is 0 Å². The van der Waals surface area contributed by atoms with Crippen molar-refractivity contribution in [2.45, 2.75) is 43.6 Å². The molecule has 156 valence electrons. The predicted octanol–water partition coefficient (Wildman–Crippen LogP) is 2.97. The van der Waals surface area contributed by atoms with E-state index in [9.17, 15) is 9.90 Å². The fourth-order valence-electron chi connectivity index (χ4n) is 4.90. The minimum atomic E-state index is -0.937. The maximum atomic E-state index is 15.1. The molecule has 8 heteroatoms. The lowest BCUT2D eigenvalue weighted by Gasteiger charge is -2.43. The van der Waals surface area contributed by atoms with Gasteiger partial charge in [0.2, 0.25) is 0 Å². The van der Waals surface area contributed by atoms with Crippen LogP contribution in [-0.2, 0) is 0 Å². The molecular formula is C22H23FN4O3. The van der Waals surface area contributed by atoms with Crippen molar-refractivity contribution in [3.05, 3.63) is 46.8 Å². The quantitative estimate of drug-likeness (QED) is 0.711. The molecule has 2 bridgehead atoms. The van der Waals surface area contributed by atoms with Gasteiger partial charge < -0.3 is 14.4 Å². The van der Waals surface area contributed by atoms with E-state index in [0.717, 1.165) is 19.3 Å². The van der Waals surface area contributed by atoms with Crippen molar-refractivity contribution in [1.29, 1.82) is 0 Å². The van der Waals surface area contributed by atoms with Crippen LogP contribution in [0.3, 0.4) is 0 Å². The second kappa shape index (κ2) is 7.05. The molecule has 4 atom stereocenters. The van der Waals surface area contributed by atoms with Gasteiger partial charge in [-0.05, 0) is 50.6 Å². The molecule has 1 aromatic carbocycles. The van der Waals surface area contributed by atoms with Crippen LogP contribution in [0.15, 0.2) is 45.8 Å². The molecule has 0 spiro atoms. The van der Waals surface area contributed by atoms with Crippen LogP contribution in [0.4, 0.5) is 10.2 Å². The number of rotatable bonds is 3. The van der Waals surface area contributed by atoms with Crippen LogP contribution >= 0.6 is 0 Å². The molecule has 0 amide bonds. The number of piperidine rings is 1. The summed E-state index contributed by atoms with van der Waals surface area (Å²) in [6.45, 7) is 0. The molecule has 0 aliphatic carbocycles. The molecule has 2 aliphatic rings. The van der Waals surface area contributed by atoms with Crippen molar-refractivity contribution < 1.29 is 13.9 Å². The zero-order chi connectivity index (χ0) is 21.0. The molecule has 4 heterocycles. The number of hydrogen-bond donors (Lipinski definition) is 1. The second-order valence-corrected chi connectivity index (χ2v) is 8.25. The molecule has 0 radical (unpaired) electrons. The average molecular weight is 410 g/mol. The highest BCUT2D eigenvalue weighted by molar-refractivity contribution is 5.85. The molecule has 2 aliphatic heterocycles. The summed E-state index contributed by atoms with van der Waals surface area (Å²) in [7, 11) is 3.87. The Morgan fingerprint density at radius 1 is 1.23 bits per heavy atom. The summed E-state index contributed by atoms with van der Waals surface area (Å²) in [6, 6.07) is 7.91. The van der Waals surface area contributed by atoms with E-state index in [1.807, 2.05) is 19.0 Å². The van der Waals surface area contributed by atoms with E-state index in [0.29, 0.717) is 34.1 Å². The highest BCUT2D eigenvalue weighted by Gasteiger charge is 2.47. The first-order valence-corrected chi connectivity index (χ1v) is 10.1. The molecular weight excluding hydrogens is 387 g/mol. The third-order valence-corrected chi connectivity index (χ3v) is 6.71. The summed E-state index contributed by atoms with van der Waals surface area (Å²) in [5.74, 6) is 0.509. The maximum Gasteiger partial charge on any atom is 0.192 e. The van der Waals surface area contributed by atoms with Crippen LogP contribution < -0.4 is 10.3 Å². The smallest absolute Gasteiger partial charge is 0.192 e. The van der Waals surface area contributed by atoms with Crippen LogP contribution in [-0.4, -0.2) is 58.6 Å². The maximum absolute atomic E-state index is 15.1. The Labute approximate surface area is 172 Å². The van der Waals surface area contributed by atoms with E-state index in [2.05, 4.69) is 15.1 Å². The van der Waals surface area contributed by atoms with E-state index >= 15 is 4.39 Å². The minimum absolute atomic E-state index is 0.0346. The third kappa shape index (κ3) is 2.94. The number of halogens is 1. The van der Waals surface area contributed by atoms with Crippen molar-refractivity contribution in [1.82, 2.24) is 15.1 Å². The molecule has 3 aromatic rings. The van der Waals surface area contributed by atoms with Gasteiger partial charge in [0.05, 0.1) is 23.4 Å². The molecule has 30 heavy (non-hydrogen) atoms. The highest BCUT2D eigenvalue weighted by atomic mass is 19.1. The van der Waals surface area contributed by atoms with Gasteiger partial charge in [-0.15, -0.1) is 10.2 Å². The van der Waals surface area contributed by atoms with Gasteiger partial charge in [0.1, 0.15) is 17.5 Å². The van der Waals surface area contributed by atoms with Gasteiger partial charge in [0.15, 0.2) is 11.2 Å². The Morgan fingerprint density at radius 2 is 2.07 bits per heavy atom. The Kier molecular flexibility index (Phi) is 4.47. The third-order valence-electron chi connectivity index (χ3n) is 6.71. The molecule has 2 saturated heterocycles. The van der Waals surface area contributed by atoms with Gasteiger partial charge in [-0.25, -0.2) is 4.39 Å². The van der Waals surface area contributed by atoms with Crippen LogP contribution in [0, 0.1) is 0 Å². The SMILES string of the molecule is CN1C2CCC1[C@@H](F)[C@@H](N(C)c1ccc(-c3cc4occc(=O)c4cc3O)nn1)C2. The normalized spacial score (nSPS) is 26.2. The minimum Gasteiger partial charge on any atom is -0.507 e. The first kappa shape index (κ1) is 19.0. The Morgan fingerprint density at radius 3 is 2.83 bits per heavy atom. The summed E-state index contributed by atoms with van der Waals surface area (Å²) >= 11 is 0. The van der Waals surface area contributed by atoms with Crippen molar-refractivity contribution in [3.63, 3.8) is 0 Å². The van der Waals surface area contributed by atoms with Crippen LogP contribution in [0.2, 0.25) is 0 Å². The zero-order valence-electron chi connectivity index (χ0n) is 16.8. The summed E-state index contributed by atoms with van der Waals surface area (Å²) in [5.41, 5.74) is 0.993. The van der Waals surface area contributed by atoms with Crippen molar-refractivity contribution in [2.24, 2.45) is 0 Å². The monoisotopic (exact) mass is 410 g/mol. The second-order valence-electron chi connectivity index (χ2n) is 8.25. The standard InChI is InChI=1S/C22H23FN4O3/c1-26-12-3-5-16(26)22(23)17(9-12)27(2)21-6-4-15(24-25-21)13-11-20-14(10-19(13)29)18(28)7-8-30-20/h4,6-8,10-12,16-17,22,29H,3,5,9H2,1-2H3/t12?,16?,17-,22+/m0/s1. The zero-order valence-corrected chi connectivity index (χ0v) is 16.8. The van der Waals surface area contributed by atoms with Gasteiger partial charge in [0.25, 0.3) is 0 Å². The lowest BCUT2D eigenvalue weighted by atomic mass is 9.95. The Hall–Kier alpha value is -3.00. The Bertz CT molecular complexity index is 1150. The lowest BCUT2D eigenvalue weighted by Crippen LogP contribution is -2.56. The van der Waals surface area contributed by atoms with Gasteiger partial charge in [0, 0.05) is 30.8 Å². The van der Waals surface area contributed by atoms with Gasteiger partial charge in [-0.3, -0.25) is 9.69 Å². The van der Waals surface area contributed by atoms with Crippen LogP contribution in [0.25, 0.3) is 22.2 Å². The molecule has 7 nitrogen and oxygen atoms in total. The predicted molar refractivity (Wildman–Crippen MR) is 111 cm³/mol. The average Bonchev–Trinajstić information content (AvgIpc) is 3.01. The molecule has 5 rings (SSSR count). The topological polar surface area (TPSA) is 82.7 Å². The number of nitrogens with zero attached hydrogens (tertiary/aromatic N) is 4. The Balaban J connectivity index is 1.43. The molecule has 2 fully saturated rings. The van der Waals surface area contributed by atoms with E-state index in [4.69, 9.17) is 4.42 Å². The number of phenols is 1. The fraction of sp³-hybridized carbons (Fsp3) is 0.409. The molecule has 2 aromatic heterocycles. The number of phenolic OH excluding ortho intramolecular Hbond substituents is 1. The van der Waals surface area contributed by atoms with E-state index in [1.165, 1.54) is 18.4 Å². The van der Waals surface area contributed by atoms with Crippen LogP contribution in [0.1, 0.15) is 19.3 Å². The number of anilines is 1. The van der Waals surface area contributed by atoms with Crippen molar-refractivity contribution in [3.8, 4) is 17.0 Å². The van der Waals surface area contributed by atoms with Crippen molar-refractivity contribution in [2.75, 3.05) is 19.0 Å². The first-order chi connectivity index (χ1) is 14.4. The van der Waals surface area contributed by atoms with Gasteiger partial charge in [-0.2, -0.15) is 0 Å². The summed E-state index contributed by atoms with van der Waals surface area (Å²) in [4.78, 5) is 16.0. The van der Waals surface area contributed by atoms with Gasteiger partial charge >= 0.3 is 0 Å². The fourth-order valence-corrected chi connectivity index (χ4v) is 4.90. The largest absolute Gasteiger partial charge is 0.507 e. The van der Waals surface area contributed by atoms with E-state index in [1.54, 1.807) is 18.2 Å². The number of aromatic hydroxyl groups is 1. The molecule has 2 unspecified atom stereocenters. The summed E-state index contributed by atoms with van der Waals surface area (Å²) < 4.78 is 20.5. The summed E-state index contributed by atoms with van der Waals surface area (Å²) in [6.07, 6.45) is 3.08. The number of fused-ring (bicyclic) bond motifs is 3. The summed E-state index contributed by atoms with van der Waals surface area (Å²) in [5, 5.41) is 19.2. The van der Waals surface area contributed by atoms with E-state index < -0.39 is 6.17 Å². The number of hydrogen-bond acceptors (Lipinski definition) is 7. The van der Waals surface area contributed by atoms with Crippen LogP contribution in [0.5, 0.6) is 5.75 Å². The number of aromatic nitrogens is 2. The molecule has 1 N–H and O–H groups in total. The van der Waals surface area contributed by atoms with Crippen molar-refractivity contribution >= 4 is 16.8 Å². The molecule has 0 saturated carbocycles.